The molecule has 0 spiro atoms. The fraction of sp³-hybridized carbons (Fsp3) is 0.412. The average molecular weight is 434 g/mol. The first kappa shape index (κ1) is 16.7. The Hall–Kier alpha value is -1.18. The van der Waals surface area contributed by atoms with E-state index in [1.807, 2.05) is 40.9 Å². The van der Waals surface area contributed by atoms with Crippen LogP contribution in [0.1, 0.15) is 32.1 Å². The van der Waals surface area contributed by atoms with Gasteiger partial charge in [0, 0.05) is 17.3 Å². The molecule has 0 saturated heterocycles. The molecule has 6 heteroatoms. The van der Waals surface area contributed by atoms with Crippen LogP contribution in [0.25, 0.3) is 10.9 Å². The summed E-state index contributed by atoms with van der Waals surface area (Å²) in [5.74, 6) is 0. The minimum atomic E-state index is -4.22. The zero-order valence-corrected chi connectivity index (χ0v) is 14.7. The summed E-state index contributed by atoms with van der Waals surface area (Å²) in [6.45, 7) is -0.959. The minimum Gasteiger partial charge on any atom is -0.361 e. The van der Waals surface area contributed by atoms with E-state index >= 15 is 0 Å². The number of allylic oxidation sites excluding steroid dienone is 1. The zero-order chi connectivity index (χ0) is 16.4. The summed E-state index contributed by atoms with van der Waals surface area (Å²) in [6.07, 6.45) is 3.74. The van der Waals surface area contributed by atoms with Gasteiger partial charge in [-0.15, -0.1) is 0 Å². The number of anilines is 1. The van der Waals surface area contributed by atoms with Crippen molar-refractivity contribution < 1.29 is 13.2 Å². The molecule has 3 rings (SSSR count). The number of hydrogen-bond donors (Lipinski definition) is 1. The van der Waals surface area contributed by atoms with Gasteiger partial charge < -0.3 is 9.88 Å². The molecule has 1 aliphatic carbocycles. The molecule has 1 heterocycles. The third-order valence-electron chi connectivity index (χ3n) is 4.16. The van der Waals surface area contributed by atoms with Gasteiger partial charge in [-0.1, -0.05) is 18.1 Å². The monoisotopic (exact) mass is 434 g/mol. The number of alkyl halides is 3. The van der Waals surface area contributed by atoms with Gasteiger partial charge >= 0.3 is 6.18 Å². The van der Waals surface area contributed by atoms with Gasteiger partial charge in [0.15, 0.2) is 0 Å². The number of nitrogens with one attached hydrogen (secondary N) is 1. The number of aromatic nitrogens is 1. The van der Waals surface area contributed by atoms with Crippen LogP contribution in [0.4, 0.5) is 18.9 Å². The Labute approximate surface area is 146 Å². The summed E-state index contributed by atoms with van der Waals surface area (Å²) >= 11 is 1.96. The number of benzene rings is 1. The van der Waals surface area contributed by atoms with E-state index in [0.29, 0.717) is 9.22 Å². The van der Waals surface area contributed by atoms with Crippen molar-refractivity contribution in [2.24, 2.45) is 0 Å². The van der Waals surface area contributed by atoms with E-state index in [1.54, 1.807) is 12.1 Å². The second kappa shape index (κ2) is 6.75. The third kappa shape index (κ3) is 4.02. The van der Waals surface area contributed by atoms with Gasteiger partial charge in [-0.2, -0.15) is 13.2 Å². The van der Waals surface area contributed by atoms with E-state index < -0.39 is 12.7 Å². The molecule has 2 nitrogen and oxygen atoms in total. The first-order valence-electron chi connectivity index (χ1n) is 7.73. The van der Waals surface area contributed by atoms with Crippen molar-refractivity contribution in [1.82, 2.24) is 4.57 Å². The van der Waals surface area contributed by atoms with Crippen molar-refractivity contribution in [2.75, 3.05) is 5.32 Å². The van der Waals surface area contributed by atoms with Crippen LogP contribution in [-0.4, -0.2) is 10.7 Å². The van der Waals surface area contributed by atoms with E-state index in [0.717, 1.165) is 23.9 Å². The van der Waals surface area contributed by atoms with Crippen LogP contribution in [0.5, 0.6) is 0 Å². The molecule has 0 bridgehead atoms. The summed E-state index contributed by atoms with van der Waals surface area (Å²) in [5, 5.41) is 4.13. The van der Waals surface area contributed by atoms with Crippen LogP contribution in [-0.2, 0) is 6.54 Å². The van der Waals surface area contributed by atoms with E-state index in [9.17, 15) is 13.2 Å². The Morgan fingerprint density at radius 1 is 1.17 bits per heavy atom. The minimum absolute atomic E-state index is 0.592. The van der Waals surface area contributed by atoms with Gasteiger partial charge in [-0.25, -0.2) is 0 Å². The lowest BCUT2D eigenvalue weighted by Crippen LogP contribution is -2.18. The first-order valence-corrected chi connectivity index (χ1v) is 8.81. The highest BCUT2D eigenvalue weighted by molar-refractivity contribution is 14.1. The zero-order valence-electron chi connectivity index (χ0n) is 12.6. The maximum absolute atomic E-state index is 12.8. The smallest absolute Gasteiger partial charge is 0.361 e. The summed E-state index contributed by atoms with van der Waals surface area (Å²) in [5.41, 5.74) is 2.86. The number of nitrogens with zero attached hydrogens (tertiary/aromatic N) is 1. The molecule has 0 amide bonds. The molecule has 0 radical (unpaired) electrons. The molecular formula is C17H18F3IN2. The molecule has 1 N–H and O–H groups in total. The second-order valence-electron chi connectivity index (χ2n) is 5.91. The fourth-order valence-electron chi connectivity index (χ4n) is 3.05. The molecule has 0 aliphatic heterocycles. The second-order valence-corrected chi connectivity index (χ2v) is 7.02. The number of fused-ring (bicyclic) bond motifs is 1. The molecule has 2 aromatic rings. The van der Waals surface area contributed by atoms with Crippen molar-refractivity contribution in [3.05, 3.63) is 39.7 Å². The van der Waals surface area contributed by atoms with Crippen LogP contribution in [0.3, 0.4) is 0 Å². The molecule has 1 aromatic carbocycles. The van der Waals surface area contributed by atoms with Crippen LogP contribution >= 0.6 is 22.6 Å². The molecule has 1 aromatic heterocycles. The Kier molecular flexibility index (Phi) is 4.89. The van der Waals surface area contributed by atoms with Crippen molar-refractivity contribution in [1.29, 1.82) is 0 Å². The summed E-state index contributed by atoms with van der Waals surface area (Å²) in [7, 11) is 0. The predicted molar refractivity (Wildman–Crippen MR) is 95.5 cm³/mol. The lowest BCUT2D eigenvalue weighted by Gasteiger charge is -2.14. The molecule has 0 atom stereocenters. The first-order chi connectivity index (χ1) is 10.9. The van der Waals surface area contributed by atoms with E-state index in [2.05, 4.69) is 5.32 Å². The number of halogens is 4. The van der Waals surface area contributed by atoms with Gasteiger partial charge in [-0.3, -0.25) is 0 Å². The maximum atomic E-state index is 12.8. The highest BCUT2D eigenvalue weighted by Gasteiger charge is 2.29. The topological polar surface area (TPSA) is 17.0 Å². The SMILES string of the molecule is FC(F)(F)Cn1c(I)cc2c(NC=C3CCCCC3)cccc21. The number of rotatable bonds is 3. The van der Waals surface area contributed by atoms with Gasteiger partial charge in [0.2, 0.25) is 0 Å². The quantitative estimate of drug-likeness (QED) is 0.581. The van der Waals surface area contributed by atoms with Crippen molar-refractivity contribution in [2.45, 2.75) is 44.8 Å². The molecule has 1 saturated carbocycles. The highest BCUT2D eigenvalue weighted by atomic mass is 127. The van der Waals surface area contributed by atoms with Gasteiger partial charge in [-0.05, 0) is 66.5 Å². The predicted octanol–water partition coefficient (Wildman–Crippen LogP) is 6.07. The van der Waals surface area contributed by atoms with Crippen molar-refractivity contribution in [3.63, 3.8) is 0 Å². The Balaban J connectivity index is 1.91. The fourth-order valence-corrected chi connectivity index (χ4v) is 3.79. The molecular weight excluding hydrogens is 416 g/mol. The number of hydrogen-bond acceptors (Lipinski definition) is 1. The molecule has 23 heavy (non-hydrogen) atoms. The van der Waals surface area contributed by atoms with Gasteiger partial charge in [0.25, 0.3) is 0 Å². The van der Waals surface area contributed by atoms with Crippen LogP contribution in [0.15, 0.2) is 36.0 Å². The molecule has 1 aliphatic rings. The summed E-state index contributed by atoms with van der Waals surface area (Å²) in [4.78, 5) is 0. The third-order valence-corrected chi connectivity index (χ3v) is 5.05. The lowest BCUT2D eigenvalue weighted by atomic mass is 9.96. The van der Waals surface area contributed by atoms with E-state index in [1.165, 1.54) is 29.4 Å². The summed E-state index contributed by atoms with van der Waals surface area (Å²) < 4.78 is 40.2. The molecule has 124 valence electrons. The highest BCUT2D eigenvalue weighted by Crippen LogP contribution is 2.31. The average Bonchev–Trinajstić information content (AvgIpc) is 2.81. The summed E-state index contributed by atoms with van der Waals surface area (Å²) in [6, 6.07) is 7.26. The Morgan fingerprint density at radius 2 is 1.91 bits per heavy atom. The van der Waals surface area contributed by atoms with Crippen LogP contribution in [0.2, 0.25) is 0 Å². The van der Waals surface area contributed by atoms with Crippen LogP contribution in [0, 0.1) is 3.70 Å². The molecule has 1 fully saturated rings. The Bertz CT molecular complexity index is 723. The molecule has 0 unspecified atom stereocenters. The van der Waals surface area contributed by atoms with Crippen LogP contribution < -0.4 is 5.32 Å². The maximum Gasteiger partial charge on any atom is 0.406 e. The van der Waals surface area contributed by atoms with Crippen molar-refractivity contribution >= 4 is 39.2 Å². The van der Waals surface area contributed by atoms with E-state index in [-0.39, 0.29) is 0 Å². The van der Waals surface area contributed by atoms with Gasteiger partial charge in [0.05, 0.1) is 9.22 Å². The van der Waals surface area contributed by atoms with Crippen molar-refractivity contribution in [3.8, 4) is 0 Å². The largest absolute Gasteiger partial charge is 0.406 e. The standard InChI is InChI=1S/C17H18F3IN2/c18-17(19,20)11-23-15-8-4-7-14(13(15)9-16(23)21)22-10-12-5-2-1-3-6-12/h4,7-10,22H,1-3,5-6,11H2. The lowest BCUT2D eigenvalue weighted by molar-refractivity contribution is -0.140. The Morgan fingerprint density at radius 3 is 2.61 bits per heavy atom. The van der Waals surface area contributed by atoms with E-state index in [4.69, 9.17) is 0 Å². The normalized spacial score (nSPS) is 15.9. The van der Waals surface area contributed by atoms with Gasteiger partial charge in [0.1, 0.15) is 6.54 Å².